The average Bonchev–Trinajstić information content (AvgIpc) is 2.90. The largest absolute Gasteiger partial charge is 0.390 e. The van der Waals surface area contributed by atoms with Crippen LogP contribution in [0, 0.1) is 0 Å². The fourth-order valence-electron chi connectivity index (χ4n) is 3.01. The van der Waals surface area contributed by atoms with Crippen molar-refractivity contribution in [3.8, 4) is 0 Å². The third kappa shape index (κ3) is 3.06. The Labute approximate surface area is 129 Å². The van der Waals surface area contributed by atoms with Crippen molar-refractivity contribution in [2.24, 2.45) is 0 Å². The van der Waals surface area contributed by atoms with E-state index in [4.69, 9.17) is 16.3 Å². The van der Waals surface area contributed by atoms with Gasteiger partial charge in [0.2, 0.25) is 0 Å². The molecule has 21 heavy (non-hydrogen) atoms. The molecule has 114 valence electrons. The number of nitrogens with zero attached hydrogens (tertiary/aromatic N) is 2. The highest BCUT2D eigenvalue weighted by atomic mass is 35.5. The highest BCUT2D eigenvalue weighted by Crippen LogP contribution is 2.23. The lowest BCUT2D eigenvalue weighted by Crippen LogP contribution is -2.49. The molecule has 1 N–H and O–H groups in total. The van der Waals surface area contributed by atoms with E-state index in [1.165, 1.54) is 0 Å². The number of halogens is 1. The molecule has 2 atom stereocenters. The van der Waals surface area contributed by atoms with Crippen LogP contribution >= 0.6 is 11.6 Å². The normalized spacial score (nSPS) is 27.0. The second-order valence-corrected chi connectivity index (χ2v) is 5.88. The average molecular weight is 311 g/mol. The lowest BCUT2D eigenvalue weighted by Gasteiger charge is -2.33. The molecule has 0 radical (unpaired) electrons. The predicted molar refractivity (Wildman–Crippen MR) is 79.5 cm³/mol. The summed E-state index contributed by atoms with van der Waals surface area (Å²) in [5, 5.41) is 10.7. The van der Waals surface area contributed by atoms with Gasteiger partial charge in [0.1, 0.15) is 0 Å². The molecular weight excluding hydrogens is 292 g/mol. The van der Waals surface area contributed by atoms with Gasteiger partial charge in [-0.05, 0) is 12.1 Å². The van der Waals surface area contributed by atoms with Crippen LogP contribution in [-0.4, -0.2) is 72.4 Å². The van der Waals surface area contributed by atoms with Gasteiger partial charge in [0.05, 0.1) is 35.9 Å². The SMILES string of the molecule is O=C(c1ccccc1Cl)N1C[C@@H](O)[C@H](N2CCOCC2)C1. The van der Waals surface area contributed by atoms with Crippen LogP contribution in [0.1, 0.15) is 10.4 Å². The Bertz CT molecular complexity index is 519. The van der Waals surface area contributed by atoms with Gasteiger partial charge in [0.25, 0.3) is 5.91 Å². The van der Waals surface area contributed by atoms with Crippen molar-refractivity contribution in [2.45, 2.75) is 12.1 Å². The summed E-state index contributed by atoms with van der Waals surface area (Å²) < 4.78 is 5.33. The van der Waals surface area contributed by atoms with E-state index in [9.17, 15) is 9.90 Å². The number of likely N-dealkylation sites (tertiary alicyclic amines) is 1. The van der Waals surface area contributed by atoms with Crippen molar-refractivity contribution in [3.63, 3.8) is 0 Å². The lowest BCUT2D eigenvalue weighted by molar-refractivity contribution is -0.00611. The van der Waals surface area contributed by atoms with Crippen molar-refractivity contribution in [1.82, 2.24) is 9.80 Å². The maximum absolute atomic E-state index is 12.5. The molecule has 1 aromatic rings. The van der Waals surface area contributed by atoms with Gasteiger partial charge in [0, 0.05) is 26.2 Å². The van der Waals surface area contributed by atoms with Crippen molar-refractivity contribution in [2.75, 3.05) is 39.4 Å². The molecule has 2 aliphatic rings. The van der Waals surface area contributed by atoms with Crippen LogP contribution in [0.15, 0.2) is 24.3 Å². The lowest BCUT2D eigenvalue weighted by atomic mass is 10.1. The van der Waals surface area contributed by atoms with Gasteiger partial charge in [0.15, 0.2) is 0 Å². The number of amides is 1. The van der Waals surface area contributed by atoms with Crippen LogP contribution in [0.2, 0.25) is 5.02 Å². The van der Waals surface area contributed by atoms with Crippen LogP contribution in [0.4, 0.5) is 0 Å². The summed E-state index contributed by atoms with van der Waals surface area (Å²) in [7, 11) is 0. The number of rotatable bonds is 2. The first-order valence-corrected chi connectivity index (χ1v) is 7.58. The highest BCUT2D eigenvalue weighted by molar-refractivity contribution is 6.33. The Morgan fingerprint density at radius 3 is 2.67 bits per heavy atom. The van der Waals surface area contributed by atoms with Crippen LogP contribution in [-0.2, 0) is 4.74 Å². The minimum Gasteiger partial charge on any atom is -0.390 e. The van der Waals surface area contributed by atoms with Gasteiger partial charge in [-0.2, -0.15) is 0 Å². The first kappa shape index (κ1) is 14.8. The zero-order chi connectivity index (χ0) is 14.8. The van der Waals surface area contributed by atoms with Crippen LogP contribution in [0.5, 0.6) is 0 Å². The van der Waals surface area contributed by atoms with Crippen molar-refractivity contribution in [3.05, 3.63) is 34.9 Å². The fourth-order valence-corrected chi connectivity index (χ4v) is 3.22. The van der Waals surface area contributed by atoms with E-state index in [0.717, 1.165) is 13.1 Å². The first-order valence-electron chi connectivity index (χ1n) is 7.20. The standard InChI is InChI=1S/C15H19ClN2O3/c16-12-4-2-1-3-11(12)15(20)18-9-13(14(19)10-18)17-5-7-21-8-6-17/h1-4,13-14,19H,5-10H2/t13-,14-/m1/s1. The second-order valence-electron chi connectivity index (χ2n) is 5.47. The summed E-state index contributed by atoms with van der Waals surface area (Å²) in [6.45, 7) is 3.85. The number of carbonyl (C=O) groups is 1. The number of morpholine rings is 1. The van der Waals surface area contributed by atoms with E-state index >= 15 is 0 Å². The summed E-state index contributed by atoms with van der Waals surface area (Å²) in [5.74, 6) is -0.115. The Kier molecular flexibility index (Phi) is 4.45. The number of carbonyl (C=O) groups excluding carboxylic acids is 1. The van der Waals surface area contributed by atoms with Crippen LogP contribution in [0.25, 0.3) is 0 Å². The van der Waals surface area contributed by atoms with Crippen LogP contribution in [0.3, 0.4) is 0 Å². The Balaban J connectivity index is 1.70. The third-order valence-corrected chi connectivity index (χ3v) is 4.49. The Morgan fingerprint density at radius 2 is 1.95 bits per heavy atom. The molecule has 0 unspecified atom stereocenters. The molecule has 5 nitrogen and oxygen atoms in total. The van der Waals surface area contributed by atoms with E-state index in [-0.39, 0.29) is 11.9 Å². The monoisotopic (exact) mass is 310 g/mol. The van der Waals surface area contributed by atoms with Gasteiger partial charge >= 0.3 is 0 Å². The number of hydrogen-bond acceptors (Lipinski definition) is 4. The summed E-state index contributed by atoms with van der Waals surface area (Å²) in [6.07, 6.45) is -0.519. The van der Waals surface area contributed by atoms with Gasteiger partial charge in [-0.15, -0.1) is 0 Å². The van der Waals surface area contributed by atoms with Crippen molar-refractivity contribution < 1.29 is 14.6 Å². The number of aliphatic hydroxyl groups is 1. The highest BCUT2D eigenvalue weighted by Gasteiger charge is 2.38. The summed E-state index contributed by atoms with van der Waals surface area (Å²) in [4.78, 5) is 16.4. The van der Waals surface area contributed by atoms with E-state index in [2.05, 4.69) is 4.90 Å². The predicted octanol–water partition coefficient (Wildman–Crippen LogP) is 0.857. The molecule has 2 heterocycles. The van der Waals surface area contributed by atoms with Gasteiger partial charge in [-0.1, -0.05) is 23.7 Å². The number of β-amino-alcohol motifs (C(OH)–C–C–N with tert-alkyl or cyclic N) is 1. The van der Waals surface area contributed by atoms with Gasteiger partial charge in [-0.25, -0.2) is 0 Å². The summed E-state index contributed by atoms with van der Waals surface area (Å²) >= 11 is 6.08. The fraction of sp³-hybridized carbons (Fsp3) is 0.533. The van der Waals surface area contributed by atoms with Crippen LogP contribution < -0.4 is 0 Å². The second kappa shape index (κ2) is 6.32. The molecule has 2 aliphatic heterocycles. The summed E-state index contributed by atoms with van der Waals surface area (Å²) in [5.41, 5.74) is 0.494. The van der Waals surface area contributed by atoms with E-state index < -0.39 is 6.10 Å². The number of ether oxygens (including phenoxy) is 1. The smallest absolute Gasteiger partial charge is 0.255 e. The molecule has 0 aliphatic carbocycles. The van der Waals surface area contributed by atoms with E-state index in [0.29, 0.717) is 36.9 Å². The Hall–Kier alpha value is -1.14. The minimum absolute atomic E-state index is 0.0136. The molecule has 0 bridgehead atoms. The molecular formula is C15H19ClN2O3. The third-order valence-electron chi connectivity index (χ3n) is 4.17. The number of aliphatic hydroxyl groups excluding tert-OH is 1. The zero-order valence-corrected chi connectivity index (χ0v) is 12.5. The molecule has 0 spiro atoms. The Morgan fingerprint density at radius 1 is 1.24 bits per heavy atom. The molecule has 6 heteroatoms. The minimum atomic E-state index is -0.519. The zero-order valence-electron chi connectivity index (χ0n) is 11.7. The molecule has 1 amide bonds. The molecule has 0 aromatic heterocycles. The molecule has 3 rings (SSSR count). The maximum Gasteiger partial charge on any atom is 0.255 e. The topological polar surface area (TPSA) is 53.0 Å². The van der Waals surface area contributed by atoms with Gasteiger partial charge in [-0.3, -0.25) is 9.69 Å². The van der Waals surface area contributed by atoms with Crippen molar-refractivity contribution >= 4 is 17.5 Å². The van der Waals surface area contributed by atoms with E-state index in [1.54, 1.807) is 29.2 Å². The first-order chi connectivity index (χ1) is 10.2. The van der Waals surface area contributed by atoms with Gasteiger partial charge < -0.3 is 14.7 Å². The van der Waals surface area contributed by atoms with Crippen molar-refractivity contribution in [1.29, 1.82) is 0 Å². The molecule has 1 aromatic carbocycles. The number of benzene rings is 1. The van der Waals surface area contributed by atoms with E-state index in [1.807, 2.05) is 0 Å². The molecule has 2 saturated heterocycles. The summed E-state index contributed by atoms with van der Waals surface area (Å²) in [6, 6.07) is 7.01. The number of hydrogen-bond donors (Lipinski definition) is 1. The quantitative estimate of drug-likeness (QED) is 0.880. The maximum atomic E-state index is 12.5. The molecule has 0 saturated carbocycles. The molecule has 2 fully saturated rings.